The predicted octanol–water partition coefficient (Wildman–Crippen LogP) is 3.12. The van der Waals surface area contributed by atoms with E-state index in [9.17, 15) is 4.39 Å². The van der Waals surface area contributed by atoms with Gasteiger partial charge in [-0.1, -0.05) is 30.7 Å². The van der Waals surface area contributed by atoms with E-state index in [0.29, 0.717) is 13.0 Å². The molecule has 0 bridgehead atoms. The van der Waals surface area contributed by atoms with Crippen molar-refractivity contribution in [2.24, 2.45) is 0 Å². The van der Waals surface area contributed by atoms with Crippen LogP contribution in [-0.2, 0) is 6.54 Å². The fourth-order valence-corrected chi connectivity index (χ4v) is 1.82. The van der Waals surface area contributed by atoms with E-state index >= 15 is 0 Å². The summed E-state index contributed by atoms with van der Waals surface area (Å²) in [4.78, 5) is 0. The molecule has 17 heavy (non-hydrogen) atoms. The number of nitrogens with one attached hydrogen (secondary N) is 1. The molecule has 0 amide bonds. The van der Waals surface area contributed by atoms with Gasteiger partial charge in [-0.15, -0.1) is 0 Å². The minimum Gasteiger partial charge on any atom is -0.396 e. The fourth-order valence-electron chi connectivity index (χ4n) is 1.63. The molecule has 4 heteroatoms. The van der Waals surface area contributed by atoms with Gasteiger partial charge >= 0.3 is 0 Å². The van der Waals surface area contributed by atoms with Crippen molar-refractivity contribution < 1.29 is 9.50 Å². The summed E-state index contributed by atoms with van der Waals surface area (Å²) in [6, 6.07) is 4.79. The first-order chi connectivity index (χ1) is 8.02. The minimum atomic E-state index is -0.397. The van der Waals surface area contributed by atoms with Crippen LogP contribution in [0, 0.1) is 5.82 Å². The standard InChI is InChI=1S/C13H19ClFNO/c1-3-13(2,7-8-17)16-9-10-5-4-6-11(15)12(10)14/h4-6,16-17H,3,7-9H2,1-2H3. The maximum atomic E-state index is 13.2. The molecule has 1 rings (SSSR count). The Morgan fingerprint density at radius 3 is 2.76 bits per heavy atom. The van der Waals surface area contributed by atoms with Crippen molar-refractivity contribution in [1.29, 1.82) is 0 Å². The lowest BCUT2D eigenvalue weighted by Gasteiger charge is -2.29. The third kappa shape index (κ3) is 3.95. The Balaban J connectivity index is 2.69. The third-order valence-corrected chi connectivity index (χ3v) is 3.60. The summed E-state index contributed by atoms with van der Waals surface area (Å²) in [5.41, 5.74) is 0.592. The van der Waals surface area contributed by atoms with Crippen molar-refractivity contribution in [2.45, 2.75) is 38.8 Å². The van der Waals surface area contributed by atoms with Crippen LogP contribution >= 0.6 is 11.6 Å². The molecule has 96 valence electrons. The average molecular weight is 260 g/mol. The average Bonchev–Trinajstić information content (AvgIpc) is 2.31. The van der Waals surface area contributed by atoms with E-state index in [1.54, 1.807) is 12.1 Å². The van der Waals surface area contributed by atoms with Gasteiger partial charge in [0.1, 0.15) is 5.82 Å². The Kier molecular flexibility index (Phi) is 5.37. The van der Waals surface area contributed by atoms with Crippen molar-refractivity contribution in [3.05, 3.63) is 34.6 Å². The number of hydrogen-bond donors (Lipinski definition) is 2. The molecule has 0 heterocycles. The largest absolute Gasteiger partial charge is 0.396 e. The molecule has 0 fully saturated rings. The Morgan fingerprint density at radius 2 is 2.18 bits per heavy atom. The van der Waals surface area contributed by atoms with E-state index in [1.807, 2.05) is 6.92 Å². The van der Waals surface area contributed by atoms with Crippen LogP contribution in [0.4, 0.5) is 4.39 Å². The van der Waals surface area contributed by atoms with Gasteiger partial charge in [-0.2, -0.15) is 0 Å². The second kappa shape index (κ2) is 6.34. The van der Waals surface area contributed by atoms with Crippen LogP contribution < -0.4 is 5.32 Å². The van der Waals surface area contributed by atoms with Crippen LogP contribution in [0.3, 0.4) is 0 Å². The van der Waals surface area contributed by atoms with Crippen molar-refractivity contribution in [3.63, 3.8) is 0 Å². The van der Waals surface area contributed by atoms with E-state index in [0.717, 1.165) is 12.0 Å². The predicted molar refractivity (Wildman–Crippen MR) is 68.6 cm³/mol. The lowest BCUT2D eigenvalue weighted by molar-refractivity contribution is 0.214. The van der Waals surface area contributed by atoms with Crippen LogP contribution in [0.2, 0.25) is 5.02 Å². The van der Waals surface area contributed by atoms with Gasteiger partial charge in [0.2, 0.25) is 0 Å². The second-order valence-corrected chi connectivity index (χ2v) is 4.83. The van der Waals surface area contributed by atoms with Gasteiger partial charge in [-0.05, 0) is 31.4 Å². The Labute approximate surface area is 107 Å². The summed E-state index contributed by atoms with van der Waals surface area (Å²) in [6.07, 6.45) is 1.55. The van der Waals surface area contributed by atoms with Gasteiger partial charge in [-0.3, -0.25) is 0 Å². The summed E-state index contributed by atoms with van der Waals surface area (Å²) >= 11 is 5.88. The molecule has 1 atom stereocenters. The van der Waals surface area contributed by atoms with E-state index < -0.39 is 5.82 Å². The highest BCUT2D eigenvalue weighted by Crippen LogP contribution is 2.21. The quantitative estimate of drug-likeness (QED) is 0.823. The van der Waals surface area contributed by atoms with Gasteiger partial charge in [0.05, 0.1) is 5.02 Å². The maximum absolute atomic E-state index is 13.2. The third-order valence-electron chi connectivity index (χ3n) is 3.18. The van der Waals surface area contributed by atoms with Crippen LogP contribution in [0.5, 0.6) is 0 Å². The van der Waals surface area contributed by atoms with Crippen LogP contribution in [0.15, 0.2) is 18.2 Å². The Bertz CT molecular complexity index is 372. The molecule has 0 aromatic heterocycles. The highest BCUT2D eigenvalue weighted by atomic mass is 35.5. The number of aliphatic hydroxyl groups excluding tert-OH is 1. The van der Waals surface area contributed by atoms with E-state index in [4.69, 9.17) is 16.7 Å². The molecule has 0 aliphatic carbocycles. The molecule has 1 aromatic rings. The van der Waals surface area contributed by atoms with Gasteiger partial charge in [0, 0.05) is 18.7 Å². The van der Waals surface area contributed by atoms with Crippen LogP contribution in [0.1, 0.15) is 32.3 Å². The molecule has 1 aromatic carbocycles. The van der Waals surface area contributed by atoms with Gasteiger partial charge < -0.3 is 10.4 Å². The summed E-state index contributed by atoms with van der Waals surface area (Å²) in [5, 5.41) is 12.5. The van der Waals surface area contributed by atoms with Crippen molar-refractivity contribution >= 4 is 11.6 Å². The zero-order valence-electron chi connectivity index (χ0n) is 10.3. The molecule has 0 radical (unpaired) electrons. The Hall–Kier alpha value is -0.640. The normalized spacial score (nSPS) is 14.6. The molecular formula is C13H19ClFNO. The van der Waals surface area contributed by atoms with E-state index in [2.05, 4.69) is 12.2 Å². The van der Waals surface area contributed by atoms with E-state index in [-0.39, 0.29) is 17.2 Å². The molecule has 0 spiro atoms. The number of aliphatic hydroxyl groups is 1. The maximum Gasteiger partial charge on any atom is 0.142 e. The van der Waals surface area contributed by atoms with Gasteiger partial charge in [-0.25, -0.2) is 4.39 Å². The fraction of sp³-hybridized carbons (Fsp3) is 0.538. The molecule has 2 N–H and O–H groups in total. The molecule has 0 saturated heterocycles. The lowest BCUT2D eigenvalue weighted by atomic mass is 9.94. The van der Waals surface area contributed by atoms with E-state index in [1.165, 1.54) is 6.07 Å². The molecular weight excluding hydrogens is 241 g/mol. The van der Waals surface area contributed by atoms with Gasteiger partial charge in [0.15, 0.2) is 0 Å². The zero-order chi connectivity index (χ0) is 12.9. The number of rotatable bonds is 6. The highest BCUT2D eigenvalue weighted by molar-refractivity contribution is 6.31. The number of hydrogen-bond acceptors (Lipinski definition) is 2. The van der Waals surface area contributed by atoms with Crippen molar-refractivity contribution in [1.82, 2.24) is 5.32 Å². The first-order valence-electron chi connectivity index (χ1n) is 5.81. The summed E-state index contributed by atoms with van der Waals surface area (Å²) in [5.74, 6) is -0.397. The molecule has 1 unspecified atom stereocenters. The summed E-state index contributed by atoms with van der Waals surface area (Å²) in [7, 11) is 0. The zero-order valence-corrected chi connectivity index (χ0v) is 11.0. The Morgan fingerprint density at radius 1 is 1.47 bits per heavy atom. The topological polar surface area (TPSA) is 32.3 Å². The number of benzene rings is 1. The van der Waals surface area contributed by atoms with Crippen molar-refractivity contribution in [3.8, 4) is 0 Å². The summed E-state index contributed by atoms with van der Waals surface area (Å²) < 4.78 is 13.2. The SMILES string of the molecule is CCC(C)(CCO)NCc1cccc(F)c1Cl. The van der Waals surface area contributed by atoms with Crippen molar-refractivity contribution in [2.75, 3.05) is 6.61 Å². The number of halogens is 2. The van der Waals surface area contributed by atoms with Gasteiger partial charge in [0.25, 0.3) is 0 Å². The monoisotopic (exact) mass is 259 g/mol. The van der Waals surface area contributed by atoms with Crippen LogP contribution in [-0.4, -0.2) is 17.3 Å². The molecule has 0 saturated carbocycles. The molecule has 2 nitrogen and oxygen atoms in total. The first-order valence-corrected chi connectivity index (χ1v) is 6.19. The van der Waals surface area contributed by atoms with Crippen LogP contribution in [0.25, 0.3) is 0 Å². The summed E-state index contributed by atoms with van der Waals surface area (Å²) in [6.45, 7) is 4.72. The first kappa shape index (κ1) is 14.4. The molecule has 0 aliphatic rings. The minimum absolute atomic E-state index is 0.133. The molecule has 0 aliphatic heterocycles. The second-order valence-electron chi connectivity index (χ2n) is 4.45. The highest BCUT2D eigenvalue weighted by Gasteiger charge is 2.20. The smallest absolute Gasteiger partial charge is 0.142 e. The lowest BCUT2D eigenvalue weighted by Crippen LogP contribution is -2.42.